The van der Waals surface area contributed by atoms with Crippen molar-refractivity contribution in [2.75, 3.05) is 48.3 Å². The minimum Gasteiger partial charge on any atom is -0.442 e. The summed E-state index contributed by atoms with van der Waals surface area (Å²) in [5, 5.41) is 11.4. The number of likely N-dealkylation sites (N-methyl/N-ethyl adjacent to an activating group) is 1. The van der Waals surface area contributed by atoms with E-state index in [9.17, 15) is 9.59 Å². The van der Waals surface area contributed by atoms with Gasteiger partial charge in [0.05, 0.1) is 36.9 Å². The Hall–Kier alpha value is -4.33. The molecule has 3 aromatic rings. The second-order valence-electron chi connectivity index (χ2n) is 8.22. The van der Waals surface area contributed by atoms with Gasteiger partial charge in [-0.25, -0.2) is 28.5 Å². The van der Waals surface area contributed by atoms with E-state index in [0.29, 0.717) is 12.2 Å². The van der Waals surface area contributed by atoms with Gasteiger partial charge in [-0.1, -0.05) is 5.21 Å². The van der Waals surface area contributed by atoms with Gasteiger partial charge in [-0.2, -0.15) is 0 Å². The highest BCUT2D eigenvalue weighted by atomic mass is 19.1. The van der Waals surface area contributed by atoms with Crippen molar-refractivity contribution in [3.05, 3.63) is 60.7 Å². The number of ether oxygens (including phenoxy) is 1. The van der Waals surface area contributed by atoms with Crippen LogP contribution < -0.4 is 20.5 Å². The fourth-order valence-electron chi connectivity index (χ4n) is 3.87. The third kappa shape index (κ3) is 6.27. The summed E-state index contributed by atoms with van der Waals surface area (Å²) in [6.07, 6.45) is 5.01. The molecule has 1 aliphatic rings. The Balaban J connectivity index is 1.35. The Morgan fingerprint density at radius 2 is 2.05 bits per heavy atom. The largest absolute Gasteiger partial charge is 0.442 e. The molecule has 0 saturated carbocycles. The Morgan fingerprint density at radius 1 is 1.27 bits per heavy atom. The fraction of sp³-hybridized carbons (Fsp3) is 0.348. The smallest absolute Gasteiger partial charge is 0.414 e. The van der Waals surface area contributed by atoms with E-state index in [1.54, 1.807) is 31.5 Å². The fourth-order valence-corrected chi connectivity index (χ4v) is 3.87. The maximum absolute atomic E-state index is 15.1. The van der Waals surface area contributed by atoms with Crippen LogP contribution in [0.5, 0.6) is 0 Å². The molecule has 3 amide bonds. The lowest BCUT2D eigenvalue weighted by Gasteiger charge is -2.27. The van der Waals surface area contributed by atoms with E-state index in [4.69, 9.17) is 4.74 Å². The number of hydrazine groups is 1. The van der Waals surface area contributed by atoms with Crippen molar-refractivity contribution in [2.24, 2.45) is 0 Å². The SMILES string of the molecule is CCN(CCNN(C)C(=O)Nc1cccnc1)c1c(F)cc(N2C[C@H](Cn3ccnn3)OC2=O)cc1F. The number of halogens is 2. The van der Waals surface area contributed by atoms with Crippen molar-refractivity contribution in [1.82, 2.24) is 30.4 Å². The monoisotopic (exact) mass is 515 g/mol. The number of hydrogen-bond donors (Lipinski definition) is 2. The first-order valence-corrected chi connectivity index (χ1v) is 11.6. The number of amides is 3. The van der Waals surface area contributed by atoms with Crippen LogP contribution in [0.4, 0.5) is 35.4 Å². The van der Waals surface area contributed by atoms with Crippen LogP contribution in [0.3, 0.4) is 0 Å². The van der Waals surface area contributed by atoms with E-state index >= 15 is 8.78 Å². The molecule has 0 aliphatic carbocycles. The number of cyclic esters (lactones) is 1. The molecular weight excluding hydrogens is 488 g/mol. The Bertz CT molecular complexity index is 1190. The van der Waals surface area contributed by atoms with E-state index in [0.717, 1.165) is 12.1 Å². The number of aromatic nitrogens is 4. The van der Waals surface area contributed by atoms with Crippen LogP contribution in [0.15, 0.2) is 49.1 Å². The van der Waals surface area contributed by atoms with Crippen LogP contribution in [0.25, 0.3) is 0 Å². The predicted octanol–water partition coefficient (Wildman–Crippen LogP) is 2.47. The zero-order valence-corrected chi connectivity index (χ0v) is 20.3. The third-order valence-corrected chi connectivity index (χ3v) is 5.70. The van der Waals surface area contributed by atoms with E-state index in [2.05, 4.69) is 26.0 Å². The molecule has 12 nitrogen and oxygen atoms in total. The molecule has 0 bridgehead atoms. The molecule has 0 unspecified atom stereocenters. The number of carbonyl (C=O) groups is 2. The summed E-state index contributed by atoms with van der Waals surface area (Å²) < 4.78 is 37.0. The van der Waals surface area contributed by atoms with Gasteiger partial charge in [-0.05, 0) is 19.1 Å². The minimum atomic E-state index is -0.813. The molecular formula is C23H27F2N9O3. The van der Waals surface area contributed by atoms with Crippen molar-refractivity contribution in [1.29, 1.82) is 0 Å². The molecule has 1 aliphatic heterocycles. The Kier molecular flexibility index (Phi) is 8.08. The van der Waals surface area contributed by atoms with Gasteiger partial charge in [0.1, 0.15) is 11.8 Å². The molecule has 1 saturated heterocycles. The van der Waals surface area contributed by atoms with Crippen LogP contribution in [0, 0.1) is 11.6 Å². The van der Waals surface area contributed by atoms with Gasteiger partial charge >= 0.3 is 12.1 Å². The van der Waals surface area contributed by atoms with Gasteiger partial charge in [0.25, 0.3) is 0 Å². The first-order chi connectivity index (χ1) is 17.9. The van der Waals surface area contributed by atoms with E-state index in [1.165, 1.54) is 38.9 Å². The quantitative estimate of drug-likeness (QED) is 0.395. The van der Waals surface area contributed by atoms with Crippen LogP contribution in [0.2, 0.25) is 0 Å². The van der Waals surface area contributed by atoms with Gasteiger partial charge in [-0.3, -0.25) is 14.9 Å². The van der Waals surface area contributed by atoms with Crippen molar-refractivity contribution in [2.45, 2.75) is 19.6 Å². The van der Waals surface area contributed by atoms with Crippen molar-refractivity contribution in [3.63, 3.8) is 0 Å². The van der Waals surface area contributed by atoms with Crippen molar-refractivity contribution < 1.29 is 23.1 Å². The molecule has 14 heteroatoms. The maximum atomic E-state index is 15.1. The summed E-state index contributed by atoms with van der Waals surface area (Å²) in [5.74, 6) is -1.63. The van der Waals surface area contributed by atoms with Crippen molar-refractivity contribution in [3.8, 4) is 0 Å². The Labute approximate surface area is 211 Å². The average Bonchev–Trinajstić information content (AvgIpc) is 3.52. The van der Waals surface area contributed by atoms with Crippen molar-refractivity contribution >= 4 is 29.2 Å². The summed E-state index contributed by atoms with van der Waals surface area (Å²) in [6.45, 7) is 2.90. The van der Waals surface area contributed by atoms with E-state index in [-0.39, 0.29) is 37.6 Å². The molecule has 0 spiro atoms. The summed E-state index contributed by atoms with van der Waals surface area (Å²) in [7, 11) is 1.53. The number of pyridine rings is 1. The summed E-state index contributed by atoms with van der Waals surface area (Å²) in [4.78, 5) is 31.2. The molecule has 1 fully saturated rings. The lowest BCUT2D eigenvalue weighted by atomic mass is 10.2. The first-order valence-electron chi connectivity index (χ1n) is 11.6. The minimum absolute atomic E-state index is 0.0609. The Morgan fingerprint density at radius 3 is 2.70 bits per heavy atom. The summed E-state index contributed by atoms with van der Waals surface area (Å²) >= 11 is 0. The number of rotatable bonds is 10. The average molecular weight is 516 g/mol. The molecule has 1 atom stereocenters. The molecule has 3 heterocycles. The molecule has 37 heavy (non-hydrogen) atoms. The molecule has 2 aromatic heterocycles. The zero-order chi connectivity index (χ0) is 26.4. The maximum Gasteiger partial charge on any atom is 0.414 e. The van der Waals surface area contributed by atoms with Crippen LogP contribution in [0.1, 0.15) is 6.92 Å². The highest BCUT2D eigenvalue weighted by Crippen LogP contribution is 2.31. The highest BCUT2D eigenvalue weighted by Gasteiger charge is 2.34. The lowest BCUT2D eigenvalue weighted by Crippen LogP contribution is -2.45. The number of urea groups is 1. The van der Waals surface area contributed by atoms with Crippen LogP contribution in [-0.2, 0) is 11.3 Å². The van der Waals surface area contributed by atoms with Crippen LogP contribution >= 0.6 is 0 Å². The lowest BCUT2D eigenvalue weighted by molar-refractivity contribution is 0.129. The van der Waals surface area contributed by atoms with E-state index < -0.39 is 29.9 Å². The van der Waals surface area contributed by atoms with Gasteiger partial charge in [0.15, 0.2) is 11.6 Å². The molecule has 2 N–H and O–H groups in total. The predicted molar refractivity (Wildman–Crippen MR) is 131 cm³/mol. The zero-order valence-electron chi connectivity index (χ0n) is 20.3. The van der Waals surface area contributed by atoms with Crippen LogP contribution in [-0.4, -0.2) is 76.4 Å². The van der Waals surface area contributed by atoms with Gasteiger partial charge in [-0.15, -0.1) is 5.10 Å². The van der Waals surface area contributed by atoms with Gasteiger partial charge in [0.2, 0.25) is 0 Å². The second kappa shape index (κ2) is 11.6. The number of anilines is 3. The molecule has 196 valence electrons. The van der Waals surface area contributed by atoms with Gasteiger partial charge in [0, 0.05) is 51.2 Å². The topological polar surface area (TPSA) is 121 Å². The third-order valence-electron chi connectivity index (χ3n) is 5.70. The number of hydrogen-bond acceptors (Lipinski definition) is 8. The summed E-state index contributed by atoms with van der Waals surface area (Å²) in [5.41, 5.74) is 3.27. The number of nitrogens with zero attached hydrogens (tertiary/aromatic N) is 7. The normalized spacial score (nSPS) is 15.0. The number of carbonyl (C=O) groups excluding carboxylic acids is 2. The molecule has 0 radical (unpaired) electrons. The second-order valence-corrected chi connectivity index (χ2v) is 8.22. The van der Waals surface area contributed by atoms with Gasteiger partial charge < -0.3 is 15.0 Å². The first kappa shape index (κ1) is 25.8. The number of benzene rings is 1. The standard InChI is InChI=1S/C23H27F2N9O3/c1-3-32(9-8-28-31(2)22(35)29-16-5-4-6-26-13-16)21-19(24)11-17(12-20(21)25)34-15-18(37-23(34)36)14-33-10-7-27-30-33/h4-7,10-13,18,28H,3,8-9,14-15H2,1-2H3,(H,29,35)/t18-/m0/s1. The summed E-state index contributed by atoms with van der Waals surface area (Å²) in [6, 6.07) is 5.20. The molecule has 1 aromatic carbocycles. The highest BCUT2D eigenvalue weighted by molar-refractivity contribution is 5.90. The van der Waals surface area contributed by atoms with E-state index in [1.807, 2.05) is 0 Å². The molecule has 4 rings (SSSR count). The number of nitrogens with one attached hydrogen (secondary N) is 2.